The Balaban J connectivity index is 2.07. The van der Waals surface area contributed by atoms with E-state index in [9.17, 15) is 4.79 Å². The standard InChI is InChI=1S/C10H8BrClN2O3/c11-7-3-6(4-13-9(7)12)14-10(15)8-5-16-1-2-17-8/h3-5H,1-2H2,(H,14,15). The summed E-state index contributed by atoms with van der Waals surface area (Å²) in [7, 11) is 0. The van der Waals surface area contributed by atoms with Gasteiger partial charge in [0.25, 0.3) is 5.91 Å². The van der Waals surface area contributed by atoms with Gasteiger partial charge in [-0.3, -0.25) is 4.79 Å². The van der Waals surface area contributed by atoms with Gasteiger partial charge in [-0.1, -0.05) is 11.6 Å². The maximum Gasteiger partial charge on any atom is 0.294 e. The van der Waals surface area contributed by atoms with Gasteiger partial charge < -0.3 is 14.8 Å². The van der Waals surface area contributed by atoms with Crippen molar-refractivity contribution < 1.29 is 14.3 Å². The van der Waals surface area contributed by atoms with Crippen molar-refractivity contribution in [1.82, 2.24) is 4.98 Å². The molecule has 7 heteroatoms. The fourth-order valence-electron chi connectivity index (χ4n) is 1.17. The Bertz CT molecular complexity index is 479. The van der Waals surface area contributed by atoms with E-state index in [1.54, 1.807) is 6.07 Å². The highest BCUT2D eigenvalue weighted by Gasteiger charge is 2.15. The van der Waals surface area contributed by atoms with E-state index < -0.39 is 0 Å². The van der Waals surface area contributed by atoms with Crippen LogP contribution in [0.1, 0.15) is 0 Å². The van der Waals surface area contributed by atoms with Gasteiger partial charge in [0.05, 0.1) is 16.4 Å². The van der Waals surface area contributed by atoms with Crippen molar-refractivity contribution in [2.45, 2.75) is 0 Å². The summed E-state index contributed by atoms with van der Waals surface area (Å²) in [6.07, 6.45) is 2.74. The Morgan fingerprint density at radius 2 is 2.35 bits per heavy atom. The van der Waals surface area contributed by atoms with Crippen LogP contribution in [0.3, 0.4) is 0 Å². The van der Waals surface area contributed by atoms with E-state index in [0.717, 1.165) is 0 Å². The molecule has 2 heterocycles. The third-order valence-corrected chi connectivity index (χ3v) is 3.06. The predicted molar refractivity (Wildman–Crippen MR) is 65.6 cm³/mol. The van der Waals surface area contributed by atoms with Crippen LogP contribution in [0.15, 0.2) is 28.8 Å². The van der Waals surface area contributed by atoms with E-state index in [1.807, 2.05) is 0 Å². The maximum absolute atomic E-state index is 11.7. The molecule has 0 atom stereocenters. The van der Waals surface area contributed by atoms with Gasteiger partial charge in [-0.25, -0.2) is 4.98 Å². The summed E-state index contributed by atoms with van der Waals surface area (Å²) < 4.78 is 10.7. The van der Waals surface area contributed by atoms with Crippen LogP contribution in [0.25, 0.3) is 0 Å². The third-order valence-electron chi connectivity index (χ3n) is 1.93. The number of hydrogen-bond donors (Lipinski definition) is 1. The normalized spacial score (nSPS) is 14.4. The minimum absolute atomic E-state index is 0.141. The minimum atomic E-state index is -0.388. The molecule has 0 saturated carbocycles. The number of nitrogens with zero attached hydrogens (tertiary/aromatic N) is 1. The number of halogens is 2. The van der Waals surface area contributed by atoms with Crippen LogP contribution in [0.4, 0.5) is 5.69 Å². The number of aromatic nitrogens is 1. The smallest absolute Gasteiger partial charge is 0.294 e. The second-order valence-corrected chi connectivity index (χ2v) is 4.36. The van der Waals surface area contributed by atoms with Crippen molar-refractivity contribution in [2.75, 3.05) is 18.5 Å². The molecule has 90 valence electrons. The van der Waals surface area contributed by atoms with Crippen molar-refractivity contribution in [3.63, 3.8) is 0 Å². The number of rotatable bonds is 2. The largest absolute Gasteiger partial charge is 0.494 e. The van der Waals surface area contributed by atoms with Crippen molar-refractivity contribution in [2.24, 2.45) is 0 Å². The lowest BCUT2D eigenvalue weighted by atomic mass is 10.4. The molecular formula is C10H8BrClN2O3. The summed E-state index contributed by atoms with van der Waals surface area (Å²) in [5.41, 5.74) is 0.515. The number of hydrogen-bond acceptors (Lipinski definition) is 4. The molecule has 0 aromatic carbocycles. The predicted octanol–water partition coefficient (Wildman–Crippen LogP) is 2.32. The van der Waals surface area contributed by atoms with Gasteiger partial charge in [-0.05, 0) is 22.0 Å². The van der Waals surface area contributed by atoms with E-state index >= 15 is 0 Å². The Labute approximate surface area is 111 Å². The number of anilines is 1. The topological polar surface area (TPSA) is 60.5 Å². The van der Waals surface area contributed by atoms with Gasteiger partial charge in [-0.2, -0.15) is 0 Å². The van der Waals surface area contributed by atoms with Crippen LogP contribution >= 0.6 is 27.5 Å². The monoisotopic (exact) mass is 318 g/mol. The van der Waals surface area contributed by atoms with E-state index in [2.05, 4.69) is 26.2 Å². The molecule has 0 saturated heterocycles. The van der Waals surface area contributed by atoms with Crippen molar-refractivity contribution in [3.8, 4) is 0 Å². The van der Waals surface area contributed by atoms with Crippen LogP contribution in [0.2, 0.25) is 5.15 Å². The van der Waals surface area contributed by atoms with E-state index in [4.69, 9.17) is 21.1 Å². The Kier molecular flexibility index (Phi) is 3.86. The highest BCUT2D eigenvalue weighted by Crippen LogP contribution is 2.23. The molecule has 5 nitrogen and oxygen atoms in total. The highest BCUT2D eigenvalue weighted by atomic mass is 79.9. The fraction of sp³-hybridized carbons (Fsp3) is 0.200. The van der Waals surface area contributed by atoms with Crippen LogP contribution < -0.4 is 5.32 Å². The van der Waals surface area contributed by atoms with E-state index in [-0.39, 0.29) is 11.7 Å². The molecule has 1 aliphatic heterocycles. The lowest BCUT2D eigenvalue weighted by molar-refractivity contribution is -0.117. The van der Waals surface area contributed by atoms with Crippen molar-refractivity contribution in [3.05, 3.63) is 33.9 Å². The summed E-state index contributed by atoms with van der Waals surface area (Å²) in [4.78, 5) is 15.6. The van der Waals surface area contributed by atoms with Gasteiger partial charge in [0.2, 0.25) is 5.76 Å². The molecule has 1 aromatic heterocycles. The lowest BCUT2D eigenvalue weighted by Gasteiger charge is -2.15. The first kappa shape index (κ1) is 12.2. The molecule has 0 bridgehead atoms. The maximum atomic E-state index is 11.7. The quantitative estimate of drug-likeness (QED) is 0.850. The summed E-state index contributed by atoms with van der Waals surface area (Å²) in [5.74, 6) is -0.247. The third kappa shape index (κ3) is 3.10. The molecule has 1 amide bonds. The Hall–Kier alpha value is -1.27. The van der Waals surface area contributed by atoms with Gasteiger partial charge >= 0.3 is 0 Å². The zero-order valence-electron chi connectivity index (χ0n) is 8.57. The van der Waals surface area contributed by atoms with Crippen molar-refractivity contribution in [1.29, 1.82) is 0 Å². The molecular weight excluding hydrogens is 311 g/mol. The van der Waals surface area contributed by atoms with Gasteiger partial charge in [0.1, 0.15) is 24.6 Å². The average Bonchev–Trinajstić information content (AvgIpc) is 2.35. The first-order chi connectivity index (χ1) is 8.16. The number of ether oxygens (including phenoxy) is 2. The van der Waals surface area contributed by atoms with Gasteiger partial charge in [-0.15, -0.1) is 0 Å². The average molecular weight is 320 g/mol. The molecule has 0 unspecified atom stereocenters. The van der Waals surface area contributed by atoms with Crippen LogP contribution in [0, 0.1) is 0 Å². The Morgan fingerprint density at radius 1 is 1.53 bits per heavy atom. The zero-order valence-corrected chi connectivity index (χ0v) is 10.9. The van der Waals surface area contributed by atoms with Gasteiger partial charge in [0.15, 0.2) is 0 Å². The summed E-state index contributed by atoms with van der Waals surface area (Å²) in [6.45, 7) is 0.812. The first-order valence-electron chi connectivity index (χ1n) is 4.74. The van der Waals surface area contributed by atoms with Crippen LogP contribution in [0.5, 0.6) is 0 Å². The molecule has 0 radical (unpaired) electrons. The highest BCUT2D eigenvalue weighted by molar-refractivity contribution is 9.10. The summed E-state index contributed by atoms with van der Waals surface area (Å²) >= 11 is 8.95. The molecule has 1 aromatic rings. The minimum Gasteiger partial charge on any atom is -0.494 e. The molecule has 2 rings (SSSR count). The number of pyridine rings is 1. The SMILES string of the molecule is O=C(Nc1cnc(Cl)c(Br)c1)C1=COCCO1. The van der Waals surface area contributed by atoms with Gasteiger partial charge in [0, 0.05) is 0 Å². The second kappa shape index (κ2) is 5.37. The number of nitrogens with one attached hydrogen (secondary N) is 1. The first-order valence-corrected chi connectivity index (χ1v) is 5.91. The van der Waals surface area contributed by atoms with E-state index in [1.165, 1.54) is 12.5 Å². The van der Waals surface area contributed by atoms with Crippen LogP contribution in [-0.4, -0.2) is 24.1 Å². The molecule has 0 fully saturated rings. The molecule has 0 spiro atoms. The summed E-state index contributed by atoms with van der Waals surface area (Å²) in [5, 5.41) is 2.95. The lowest BCUT2D eigenvalue weighted by Crippen LogP contribution is -2.21. The number of carbonyl (C=O) groups is 1. The number of amides is 1. The molecule has 0 aliphatic carbocycles. The Morgan fingerprint density at radius 3 is 3.00 bits per heavy atom. The second-order valence-electron chi connectivity index (χ2n) is 3.15. The zero-order chi connectivity index (χ0) is 12.3. The molecule has 1 N–H and O–H groups in total. The molecule has 1 aliphatic rings. The van der Waals surface area contributed by atoms with Crippen molar-refractivity contribution >= 4 is 39.1 Å². The fourth-order valence-corrected chi connectivity index (χ4v) is 1.62. The molecule has 17 heavy (non-hydrogen) atoms. The summed E-state index contributed by atoms with van der Waals surface area (Å²) in [6, 6.07) is 1.65. The number of carbonyl (C=O) groups excluding carboxylic acids is 1. The van der Waals surface area contributed by atoms with E-state index in [0.29, 0.717) is 28.5 Å². The van der Waals surface area contributed by atoms with Crippen LogP contribution in [-0.2, 0) is 14.3 Å².